The maximum Gasteiger partial charge on any atom is 0.223 e. The van der Waals surface area contributed by atoms with Crippen molar-refractivity contribution in [2.45, 2.75) is 24.7 Å². The number of benzene rings is 1. The summed E-state index contributed by atoms with van der Waals surface area (Å²) in [6.45, 7) is 4.81. The number of carbonyl (C=O) groups excluding carboxylic acids is 1. The number of halogens is 2. The predicted octanol–water partition coefficient (Wildman–Crippen LogP) is 3.33. The van der Waals surface area contributed by atoms with Crippen molar-refractivity contribution in [2.75, 3.05) is 32.1 Å². The molecule has 1 aliphatic rings. The Morgan fingerprint density at radius 2 is 2.27 bits per heavy atom. The van der Waals surface area contributed by atoms with E-state index < -0.39 is 11.6 Å². The molecule has 0 N–H and O–H groups in total. The lowest BCUT2D eigenvalue weighted by atomic mass is 10.1. The molecule has 22 heavy (non-hydrogen) atoms. The summed E-state index contributed by atoms with van der Waals surface area (Å²) >= 11 is 1.17. The Labute approximate surface area is 134 Å². The SMILES string of the molecule is CCN(C[C@@H]1CCOC1)C(=O)CCSc1cc(F)ccc1F. The van der Waals surface area contributed by atoms with Crippen molar-refractivity contribution in [2.24, 2.45) is 5.92 Å². The third kappa shape index (κ3) is 4.95. The molecule has 1 aromatic rings. The second kappa shape index (κ2) is 8.48. The van der Waals surface area contributed by atoms with Crippen molar-refractivity contribution in [3.05, 3.63) is 29.8 Å². The van der Waals surface area contributed by atoms with Crippen molar-refractivity contribution < 1.29 is 18.3 Å². The minimum atomic E-state index is -0.466. The van der Waals surface area contributed by atoms with Gasteiger partial charge in [0.1, 0.15) is 11.6 Å². The van der Waals surface area contributed by atoms with Crippen LogP contribution in [0.1, 0.15) is 19.8 Å². The molecule has 0 radical (unpaired) electrons. The van der Waals surface area contributed by atoms with Gasteiger partial charge in [-0.3, -0.25) is 4.79 Å². The number of thioether (sulfide) groups is 1. The van der Waals surface area contributed by atoms with E-state index in [9.17, 15) is 13.6 Å². The number of hydrogen-bond donors (Lipinski definition) is 0. The lowest BCUT2D eigenvalue weighted by Gasteiger charge is -2.23. The van der Waals surface area contributed by atoms with E-state index in [0.717, 1.165) is 31.2 Å². The number of carbonyl (C=O) groups is 1. The molecule has 0 spiro atoms. The average molecular weight is 329 g/mol. The highest BCUT2D eigenvalue weighted by Crippen LogP contribution is 2.23. The van der Waals surface area contributed by atoms with Crippen LogP contribution >= 0.6 is 11.8 Å². The first kappa shape index (κ1) is 17.2. The molecule has 0 aliphatic carbocycles. The minimum absolute atomic E-state index is 0.0544. The van der Waals surface area contributed by atoms with E-state index in [1.807, 2.05) is 11.8 Å². The molecule has 3 nitrogen and oxygen atoms in total. The summed E-state index contributed by atoms with van der Waals surface area (Å²) in [4.78, 5) is 14.3. The van der Waals surface area contributed by atoms with Crippen molar-refractivity contribution in [3.8, 4) is 0 Å². The third-order valence-corrected chi connectivity index (χ3v) is 4.74. The van der Waals surface area contributed by atoms with E-state index in [-0.39, 0.29) is 10.8 Å². The van der Waals surface area contributed by atoms with E-state index in [1.165, 1.54) is 11.8 Å². The van der Waals surface area contributed by atoms with Crippen molar-refractivity contribution in [1.82, 2.24) is 4.90 Å². The maximum absolute atomic E-state index is 13.5. The standard InChI is InChI=1S/C16H21F2NO2S/c1-2-19(10-12-5-7-21-11-12)16(20)6-8-22-15-9-13(17)3-4-14(15)18/h3-4,9,12H,2,5-8,10-11H2,1H3/t12-/m0/s1. The van der Waals surface area contributed by atoms with E-state index in [1.54, 1.807) is 0 Å². The highest BCUT2D eigenvalue weighted by molar-refractivity contribution is 7.99. The van der Waals surface area contributed by atoms with Gasteiger partial charge in [-0.2, -0.15) is 0 Å². The fourth-order valence-electron chi connectivity index (χ4n) is 2.44. The van der Waals surface area contributed by atoms with Crippen LogP contribution in [0, 0.1) is 17.6 Å². The topological polar surface area (TPSA) is 29.5 Å². The molecule has 6 heteroatoms. The van der Waals surface area contributed by atoms with Crippen molar-refractivity contribution in [3.63, 3.8) is 0 Å². The van der Waals surface area contributed by atoms with Gasteiger partial charge in [-0.1, -0.05) is 0 Å². The molecule has 0 saturated carbocycles. The van der Waals surface area contributed by atoms with Gasteiger partial charge in [0.2, 0.25) is 5.91 Å². The monoisotopic (exact) mass is 329 g/mol. The molecule has 0 aromatic heterocycles. The van der Waals surface area contributed by atoms with Crippen molar-refractivity contribution >= 4 is 17.7 Å². The van der Waals surface area contributed by atoms with Crippen LogP contribution in [0.2, 0.25) is 0 Å². The molecule has 1 saturated heterocycles. The van der Waals surface area contributed by atoms with Gasteiger partial charge in [0.05, 0.1) is 6.61 Å². The Bertz CT molecular complexity index is 507. The lowest BCUT2D eigenvalue weighted by Crippen LogP contribution is -2.35. The van der Waals surface area contributed by atoms with Gasteiger partial charge in [0, 0.05) is 42.7 Å². The largest absolute Gasteiger partial charge is 0.381 e. The van der Waals surface area contributed by atoms with Crippen LogP contribution in [0.3, 0.4) is 0 Å². The van der Waals surface area contributed by atoms with Gasteiger partial charge >= 0.3 is 0 Å². The zero-order chi connectivity index (χ0) is 15.9. The minimum Gasteiger partial charge on any atom is -0.381 e. The summed E-state index contributed by atoms with van der Waals surface area (Å²) < 4.78 is 31.9. The predicted molar refractivity (Wildman–Crippen MR) is 82.9 cm³/mol. The highest BCUT2D eigenvalue weighted by Gasteiger charge is 2.21. The molecule has 1 heterocycles. The molecular weight excluding hydrogens is 308 g/mol. The molecule has 1 fully saturated rings. The maximum atomic E-state index is 13.5. The van der Waals surface area contributed by atoms with E-state index in [4.69, 9.17) is 4.74 Å². The van der Waals surface area contributed by atoms with Crippen LogP contribution in [-0.2, 0) is 9.53 Å². The first-order chi connectivity index (χ1) is 10.6. The Balaban J connectivity index is 1.79. The normalized spacial score (nSPS) is 17.7. The van der Waals surface area contributed by atoms with Gasteiger partial charge in [-0.05, 0) is 31.5 Å². The first-order valence-corrected chi connectivity index (χ1v) is 8.52. The van der Waals surface area contributed by atoms with E-state index >= 15 is 0 Å². The number of nitrogens with zero attached hydrogens (tertiary/aromatic N) is 1. The summed E-state index contributed by atoms with van der Waals surface area (Å²) in [7, 11) is 0. The second-order valence-corrected chi connectivity index (χ2v) is 6.47. The summed E-state index contributed by atoms with van der Waals surface area (Å²) in [6, 6.07) is 3.36. The summed E-state index contributed by atoms with van der Waals surface area (Å²) in [6.07, 6.45) is 1.31. The summed E-state index contributed by atoms with van der Waals surface area (Å²) in [5.41, 5.74) is 0. The fraction of sp³-hybridized carbons (Fsp3) is 0.562. The molecule has 2 rings (SSSR count). The Morgan fingerprint density at radius 1 is 1.45 bits per heavy atom. The molecule has 1 aromatic carbocycles. The van der Waals surface area contributed by atoms with Crippen LogP contribution in [-0.4, -0.2) is 42.9 Å². The van der Waals surface area contributed by atoms with Crippen LogP contribution in [0.5, 0.6) is 0 Å². The second-order valence-electron chi connectivity index (χ2n) is 5.34. The van der Waals surface area contributed by atoms with Crippen molar-refractivity contribution in [1.29, 1.82) is 0 Å². The number of rotatable bonds is 7. The third-order valence-electron chi connectivity index (χ3n) is 3.70. The summed E-state index contributed by atoms with van der Waals surface area (Å²) in [5.74, 6) is -0.00600. The lowest BCUT2D eigenvalue weighted by molar-refractivity contribution is -0.131. The average Bonchev–Trinajstić information content (AvgIpc) is 3.01. The molecule has 0 bridgehead atoms. The molecule has 1 amide bonds. The Kier molecular flexibility index (Phi) is 6.64. The van der Waals surface area contributed by atoms with Crippen LogP contribution < -0.4 is 0 Å². The van der Waals surface area contributed by atoms with Gasteiger partial charge in [0.25, 0.3) is 0 Å². The van der Waals surface area contributed by atoms with Gasteiger partial charge in [0.15, 0.2) is 0 Å². The fourth-order valence-corrected chi connectivity index (χ4v) is 3.34. The summed E-state index contributed by atoms with van der Waals surface area (Å²) in [5, 5.41) is 0. The quantitative estimate of drug-likeness (QED) is 0.719. The first-order valence-electron chi connectivity index (χ1n) is 7.53. The number of ether oxygens (including phenoxy) is 1. The molecular formula is C16H21F2NO2S. The van der Waals surface area contributed by atoms with E-state index in [2.05, 4.69) is 0 Å². The van der Waals surface area contributed by atoms with Crippen LogP contribution in [0.4, 0.5) is 8.78 Å². The smallest absolute Gasteiger partial charge is 0.223 e. The van der Waals surface area contributed by atoms with Gasteiger partial charge < -0.3 is 9.64 Å². The number of hydrogen-bond acceptors (Lipinski definition) is 3. The highest BCUT2D eigenvalue weighted by atomic mass is 32.2. The van der Waals surface area contributed by atoms with Gasteiger partial charge in [-0.25, -0.2) is 8.78 Å². The van der Waals surface area contributed by atoms with Crippen LogP contribution in [0.15, 0.2) is 23.1 Å². The molecule has 1 aliphatic heterocycles. The van der Waals surface area contributed by atoms with E-state index in [0.29, 0.717) is 37.8 Å². The molecule has 0 unspecified atom stereocenters. The number of amides is 1. The molecule has 122 valence electrons. The Morgan fingerprint density at radius 3 is 2.95 bits per heavy atom. The van der Waals surface area contributed by atoms with Gasteiger partial charge in [-0.15, -0.1) is 11.8 Å². The zero-order valence-corrected chi connectivity index (χ0v) is 13.5. The Hall–Kier alpha value is -1.14. The van der Waals surface area contributed by atoms with Crippen LogP contribution in [0.25, 0.3) is 0 Å². The molecule has 1 atom stereocenters. The zero-order valence-electron chi connectivity index (χ0n) is 12.7.